The van der Waals surface area contributed by atoms with Gasteiger partial charge in [-0.15, -0.1) is 0 Å². The van der Waals surface area contributed by atoms with Crippen LogP contribution in [0.15, 0.2) is 16.6 Å². The number of rotatable bonds is 0. The second-order valence-electron chi connectivity index (χ2n) is 3.59. The van der Waals surface area contributed by atoms with Crippen LogP contribution in [0.1, 0.15) is 26.2 Å². The summed E-state index contributed by atoms with van der Waals surface area (Å²) in [6.45, 7) is 2.14. The van der Waals surface area contributed by atoms with Crippen LogP contribution in [0.25, 0.3) is 0 Å². The fourth-order valence-electron chi connectivity index (χ4n) is 1.78. The first-order chi connectivity index (χ1) is 5.86. The van der Waals surface area contributed by atoms with Crippen molar-refractivity contribution < 1.29 is 0 Å². The molecule has 1 fully saturated rings. The second-order valence-corrected chi connectivity index (χ2v) is 4.87. The van der Waals surface area contributed by atoms with Gasteiger partial charge in [-0.1, -0.05) is 12.5 Å². The molecule has 0 amide bonds. The van der Waals surface area contributed by atoms with Gasteiger partial charge in [-0.05, 0) is 31.1 Å². The van der Waals surface area contributed by atoms with Crippen LogP contribution in [0.4, 0.5) is 0 Å². The highest BCUT2D eigenvalue weighted by Gasteiger charge is 2.23. The van der Waals surface area contributed by atoms with Crippen molar-refractivity contribution in [3.63, 3.8) is 0 Å². The molecule has 2 aliphatic heterocycles. The third-order valence-corrected chi connectivity index (χ3v) is 3.84. The number of hydrogen-bond acceptors (Lipinski definition) is 2. The standard InChI is InChI=1S/C10H15NS/c1-8-6-10-9(11-7-8)4-2-3-5-12-10/h6-7,9-10H,2-5H2,1H3. The Morgan fingerprint density at radius 2 is 2.42 bits per heavy atom. The summed E-state index contributed by atoms with van der Waals surface area (Å²) in [5.41, 5.74) is 1.34. The van der Waals surface area contributed by atoms with Crippen LogP contribution < -0.4 is 0 Å². The summed E-state index contributed by atoms with van der Waals surface area (Å²) in [4.78, 5) is 4.58. The van der Waals surface area contributed by atoms with Gasteiger partial charge >= 0.3 is 0 Å². The van der Waals surface area contributed by atoms with Gasteiger partial charge in [-0.25, -0.2) is 0 Å². The molecule has 0 aromatic rings. The van der Waals surface area contributed by atoms with Gasteiger partial charge in [-0.2, -0.15) is 11.8 Å². The predicted molar refractivity (Wildman–Crippen MR) is 56.1 cm³/mol. The fourth-order valence-corrected chi connectivity index (χ4v) is 3.17. The Kier molecular flexibility index (Phi) is 2.54. The molecule has 2 rings (SSSR count). The minimum atomic E-state index is 0.584. The summed E-state index contributed by atoms with van der Waals surface area (Å²) in [6.07, 6.45) is 8.44. The van der Waals surface area contributed by atoms with Crippen LogP contribution >= 0.6 is 11.8 Å². The van der Waals surface area contributed by atoms with E-state index < -0.39 is 0 Å². The molecule has 0 aromatic carbocycles. The third-order valence-electron chi connectivity index (χ3n) is 2.48. The molecule has 0 N–H and O–H groups in total. The van der Waals surface area contributed by atoms with Gasteiger partial charge in [0.2, 0.25) is 0 Å². The van der Waals surface area contributed by atoms with Gasteiger partial charge in [0.15, 0.2) is 0 Å². The summed E-state index contributed by atoms with van der Waals surface area (Å²) in [7, 11) is 0. The molecule has 1 nitrogen and oxygen atoms in total. The third kappa shape index (κ3) is 1.74. The van der Waals surface area contributed by atoms with Crippen LogP contribution in [0, 0.1) is 0 Å². The second kappa shape index (κ2) is 3.65. The lowest BCUT2D eigenvalue weighted by molar-refractivity contribution is 0.605. The Bertz CT molecular complexity index is 220. The Labute approximate surface area is 78.3 Å². The highest BCUT2D eigenvalue weighted by molar-refractivity contribution is 8.00. The molecule has 66 valence electrons. The summed E-state index contributed by atoms with van der Waals surface area (Å²) >= 11 is 2.08. The fraction of sp³-hybridized carbons (Fsp3) is 0.700. The molecule has 12 heavy (non-hydrogen) atoms. The summed E-state index contributed by atoms with van der Waals surface area (Å²) in [6, 6.07) is 0.584. The van der Waals surface area contributed by atoms with Gasteiger partial charge in [0, 0.05) is 11.5 Å². The lowest BCUT2D eigenvalue weighted by Gasteiger charge is -2.21. The quantitative estimate of drug-likeness (QED) is 0.559. The Morgan fingerprint density at radius 1 is 1.50 bits per heavy atom. The van der Waals surface area contributed by atoms with E-state index >= 15 is 0 Å². The molecule has 0 aromatic heterocycles. The number of thioether (sulfide) groups is 1. The molecular formula is C10H15NS. The van der Waals surface area contributed by atoms with Crippen LogP contribution in [0.2, 0.25) is 0 Å². The Balaban J connectivity index is 2.11. The zero-order valence-electron chi connectivity index (χ0n) is 7.49. The first-order valence-corrected chi connectivity index (χ1v) is 5.74. The first kappa shape index (κ1) is 8.36. The van der Waals surface area contributed by atoms with Crippen LogP contribution in [-0.4, -0.2) is 23.3 Å². The SMILES string of the molecule is CC1=CC2SCCCCC2N=C1. The van der Waals surface area contributed by atoms with E-state index in [0.29, 0.717) is 11.3 Å². The van der Waals surface area contributed by atoms with Gasteiger partial charge in [0.05, 0.1) is 6.04 Å². The minimum absolute atomic E-state index is 0.584. The molecule has 0 aliphatic carbocycles. The van der Waals surface area contributed by atoms with Crippen molar-refractivity contribution in [2.24, 2.45) is 4.99 Å². The van der Waals surface area contributed by atoms with Crippen molar-refractivity contribution in [2.75, 3.05) is 5.75 Å². The van der Waals surface area contributed by atoms with E-state index in [1.54, 1.807) is 0 Å². The van der Waals surface area contributed by atoms with E-state index in [1.165, 1.54) is 30.6 Å². The molecule has 0 saturated carbocycles. The largest absolute Gasteiger partial charge is 0.288 e. The van der Waals surface area contributed by atoms with Crippen molar-refractivity contribution in [1.82, 2.24) is 0 Å². The van der Waals surface area contributed by atoms with Gasteiger partial charge in [0.25, 0.3) is 0 Å². The molecule has 2 atom stereocenters. The summed E-state index contributed by atoms with van der Waals surface area (Å²) < 4.78 is 0. The van der Waals surface area contributed by atoms with Crippen LogP contribution in [-0.2, 0) is 0 Å². The van der Waals surface area contributed by atoms with Crippen molar-refractivity contribution in [3.8, 4) is 0 Å². The maximum Gasteiger partial charge on any atom is 0.0653 e. The maximum absolute atomic E-state index is 4.58. The van der Waals surface area contributed by atoms with E-state index in [2.05, 4.69) is 29.8 Å². The zero-order chi connectivity index (χ0) is 8.39. The molecule has 0 bridgehead atoms. The highest BCUT2D eigenvalue weighted by Crippen LogP contribution is 2.30. The summed E-state index contributed by atoms with van der Waals surface area (Å²) in [5.74, 6) is 1.32. The van der Waals surface area contributed by atoms with Crippen molar-refractivity contribution in [2.45, 2.75) is 37.5 Å². The molecule has 0 spiro atoms. The molecule has 2 unspecified atom stereocenters. The molecule has 2 heterocycles. The van der Waals surface area contributed by atoms with E-state index in [0.717, 1.165) is 0 Å². The first-order valence-electron chi connectivity index (χ1n) is 4.69. The predicted octanol–water partition coefficient (Wildman–Crippen LogP) is 2.67. The Morgan fingerprint density at radius 3 is 3.33 bits per heavy atom. The van der Waals surface area contributed by atoms with Crippen molar-refractivity contribution >= 4 is 18.0 Å². The number of allylic oxidation sites excluding steroid dienone is 1. The van der Waals surface area contributed by atoms with E-state index in [4.69, 9.17) is 0 Å². The Hall–Kier alpha value is -0.240. The molecule has 1 saturated heterocycles. The molecule has 2 aliphatic rings. The lowest BCUT2D eigenvalue weighted by atomic mass is 10.0. The number of dihydropyridines is 1. The highest BCUT2D eigenvalue weighted by atomic mass is 32.2. The topological polar surface area (TPSA) is 12.4 Å². The van der Waals surface area contributed by atoms with Crippen molar-refractivity contribution in [3.05, 3.63) is 11.6 Å². The molecule has 0 radical (unpaired) electrons. The number of nitrogens with zero attached hydrogens (tertiary/aromatic N) is 1. The average molecular weight is 181 g/mol. The smallest absolute Gasteiger partial charge is 0.0653 e. The number of fused-ring (bicyclic) bond motifs is 1. The molecule has 2 heteroatoms. The number of aliphatic imine (C=N–C) groups is 1. The van der Waals surface area contributed by atoms with E-state index in [9.17, 15) is 0 Å². The lowest BCUT2D eigenvalue weighted by Crippen LogP contribution is -2.21. The van der Waals surface area contributed by atoms with Gasteiger partial charge in [0.1, 0.15) is 0 Å². The van der Waals surface area contributed by atoms with Crippen molar-refractivity contribution in [1.29, 1.82) is 0 Å². The van der Waals surface area contributed by atoms with Gasteiger partial charge < -0.3 is 0 Å². The monoisotopic (exact) mass is 181 g/mol. The normalized spacial score (nSPS) is 35.2. The van der Waals surface area contributed by atoms with E-state index in [-0.39, 0.29) is 0 Å². The molecular weight excluding hydrogens is 166 g/mol. The maximum atomic E-state index is 4.58. The van der Waals surface area contributed by atoms with Crippen LogP contribution in [0.5, 0.6) is 0 Å². The average Bonchev–Trinajstić information content (AvgIpc) is 2.28. The van der Waals surface area contributed by atoms with E-state index in [1.807, 2.05) is 6.21 Å². The number of hydrogen-bond donors (Lipinski definition) is 0. The van der Waals surface area contributed by atoms with Crippen LogP contribution in [0.3, 0.4) is 0 Å². The summed E-state index contributed by atoms with van der Waals surface area (Å²) in [5, 5.41) is 0.678. The van der Waals surface area contributed by atoms with Gasteiger partial charge in [-0.3, -0.25) is 4.99 Å². The zero-order valence-corrected chi connectivity index (χ0v) is 8.31. The minimum Gasteiger partial charge on any atom is -0.288 e.